The number of hydrogen-bond donors (Lipinski definition) is 1. The topological polar surface area (TPSA) is 80.1 Å². The molecule has 0 radical (unpaired) electrons. The Morgan fingerprint density at radius 2 is 2.11 bits per heavy atom. The molecular weight excluding hydrogens is 425 g/mol. The molecule has 0 bridgehead atoms. The summed E-state index contributed by atoms with van der Waals surface area (Å²) in [5.74, 6) is -1.04. The van der Waals surface area contributed by atoms with Gasteiger partial charge in [0.2, 0.25) is 9.70 Å². The molecule has 0 saturated heterocycles. The smallest absolute Gasteiger partial charge is 0.256 e. The van der Waals surface area contributed by atoms with Crippen molar-refractivity contribution in [2.45, 2.75) is 22.8 Å². The van der Waals surface area contributed by atoms with Gasteiger partial charge in [-0.2, -0.15) is 0 Å². The van der Waals surface area contributed by atoms with E-state index in [0.717, 1.165) is 0 Å². The first kappa shape index (κ1) is 22.2. The molecule has 0 fully saturated rings. The number of carbonyl (C=O) groups excluding carboxylic acids is 2. The number of aromatic nitrogens is 3. The Labute approximate surface area is 178 Å². The highest BCUT2D eigenvalue weighted by atomic mass is 35.6. The van der Waals surface area contributed by atoms with Crippen molar-refractivity contribution in [2.75, 3.05) is 13.1 Å². The van der Waals surface area contributed by atoms with Crippen LogP contribution in [0.1, 0.15) is 16.8 Å². The van der Waals surface area contributed by atoms with Gasteiger partial charge in [-0.05, 0) is 18.6 Å². The highest BCUT2D eigenvalue weighted by Crippen LogP contribution is 2.34. The van der Waals surface area contributed by atoms with Crippen molar-refractivity contribution in [3.05, 3.63) is 61.5 Å². The van der Waals surface area contributed by atoms with E-state index in [9.17, 15) is 9.59 Å². The fourth-order valence-electron chi connectivity index (χ4n) is 2.58. The van der Waals surface area contributed by atoms with E-state index in [-0.39, 0.29) is 13.1 Å². The van der Waals surface area contributed by atoms with Crippen LogP contribution in [0.15, 0.2) is 55.9 Å². The van der Waals surface area contributed by atoms with Crippen LogP contribution in [0.25, 0.3) is 0 Å². The monoisotopic (exact) mass is 443 g/mol. The van der Waals surface area contributed by atoms with Crippen molar-refractivity contribution in [3.8, 4) is 0 Å². The molecule has 2 aromatic heterocycles. The summed E-state index contributed by atoms with van der Waals surface area (Å²) in [5, 5.41) is 2.59. The first-order valence-electron chi connectivity index (χ1n) is 8.46. The summed E-state index contributed by atoms with van der Waals surface area (Å²) in [4.78, 5) is 35.0. The molecule has 7 nitrogen and oxygen atoms in total. The van der Waals surface area contributed by atoms with Gasteiger partial charge < -0.3 is 14.8 Å². The van der Waals surface area contributed by atoms with Gasteiger partial charge in [0.05, 0.1) is 11.9 Å². The van der Waals surface area contributed by atoms with E-state index in [1.54, 1.807) is 37.1 Å². The average Bonchev–Trinajstić information content (AvgIpc) is 3.18. The molecule has 2 rings (SSSR count). The molecule has 1 N–H and O–H groups in total. The lowest BCUT2D eigenvalue weighted by Crippen LogP contribution is -2.56. The van der Waals surface area contributed by atoms with Gasteiger partial charge in [0, 0.05) is 44.4 Å². The minimum atomic E-state index is -2.03. The van der Waals surface area contributed by atoms with E-state index in [1.165, 1.54) is 17.2 Å². The number of rotatable bonds is 9. The Kier molecular flexibility index (Phi) is 8.29. The molecule has 0 spiro atoms. The molecule has 1 atom stereocenters. The van der Waals surface area contributed by atoms with Crippen LogP contribution in [0.2, 0.25) is 0 Å². The van der Waals surface area contributed by atoms with E-state index >= 15 is 0 Å². The third-order valence-corrected chi connectivity index (χ3v) is 4.45. The number of amides is 2. The zero-order valence-electron chi connectivity index (χ0n) is 15.0. The number of nitrogens with one attached hydrogen (secondary N) is 1. The Morgan fingerprint density at radius 3 is 2.68 bits per heavy atom. The van der Waals surface area contributed by atoms with Crippen LogP contribution in [0.3, 0.4) is 0 Å². The van der Waals surface area contributed by atoms with Gasteiger partial charge in [-0.25, -0.2) is 4.98 Å². The van der Waals surface area contributed by atoms with Crippen molar-refractivity contribution in [1.82, 2.24) is 24.8 Å². The van der Waals surface area contributed by atoms with E-state index in [1.807, 2.05) is 4.57 Å². The minimum Gasteiger partial charge on any atom is -0.351 e. The molecule has 0 aliphatic carbocycles. The second-order valence-corrected chi connectivity index (χ2v) is 8.24. The van der Waals surface area contributed by atoms with Gasteiger partial charge in [0.15, 0.2) is 6.04 Å². The molecule has 0 saturated carbocycles. The fraction of sp³-hybridized carbons (Fsp3) is 0.333. The summed E-state index contributed by atoms with van der Waals surface area (Å²) in [7, 11) is 0. The number of aryl methyl sites for hydroxylation is 1. The zero-order chi connectivity index (χ0) is 20.6. The molecule has 0 aliphatic rings. The fourth-order valence-corrected chi connectivity index (χ4v) is 3.23. The Bertz CT molecular complexity index is 778. The van der Waals surface area contributed by atoms with Crippen LogP contribution >= 0.6 is 34.8 Å². The standard InChI is InChI=1S/C18H20Cl3N5O2/c1-2-6-24-16(27)15(18(19,20)21)26(10-4-9-25-11-8-23-13-25)17(28)14-5-3-7-22-12-14/h2-3,5,7-8,11-13,15H,1,4,6,9-10H2,(H,24,27). The zero-order valence-corrected chi connectivity index (χ0v) is 17.2. The van der Waals surface area contributed by atoms with Gasteiger partial charge in [-0.15, -0.1) is 6.58 Å². The van der Waals surface area contributed by atoms with Crippen molar-refractivity contribution < 1.29 is 9.59 Å². The van der Waals surface area contributed by atoms with Gasteiger partial charge >= 0.3 is 0 Å². The Hall–Kier alpha value is -2.09. The van der Waals surface area contributed by atoms with E-state index in [0.29, 0.717) is 18.5 Å². The highest BCUT2D eigenvalue weighted by molar-refractivity contribution is 6.69. The number of alkyl halides is 3. The number of carbonyl (C=O) groups is 2. The van der Waals surface area contributed by atoms with Gasteiger partial charge in [-0.1, -0.05) is 40.9 Å². The van der Waals surface area contributed by atoms with E-state index < -0.39 is 21.6 Å². The van der Waals surface area contributed by atoms with Crippen LogP contribution in [0.4, 0.5) is 0 Å². The molecule has 2 amide bonds. The summed E-state index contributed by atoms with van der Waals surface area (Å²) in [6.45, 7) is 4.50. The second-order valence-electron chi connectivity index (χ2n) is 5.87. The average molecular weight is 445 g/mol. The number of nitrogens with zero attached hydrogens (tertiary/aromatic N) is 4. The van der Waals surface area contributed by atoms with Gasteiger partial charge in [-0.3, -0.25) is 14.6 Å². The highest BCUT2D eigenvalue weighted by Gasteiger charge is 2.44. The van der Waals surface area contributed by atoms with Crippen molar-refractivity contribution >= 4 is 46.6 Å². The first-order valence-corrected chi connectivity index (χ1v) is 9.60. The summed E-state index contributed by atoms with van der Waals surface area (Å²) in [5.41, 5.74) is 0.293. The maximum Gasteiger partial charge on any atom is 0.256 e. The van der Waals surface area contributed by atoms with Crippen LogP contribution < -0.4 is 5.32 Å². The molecule has 10 heteroatoms. The molecule has 2 aromatic rings. The maximum absolute atomic E-state index is 13.1. The summed E-state index contributed by atoms with van der Waals surface area (Å²) in [6.07, 6.45) is 10.1. The van der Waals surface area contributed by atoms with Crippen molar-refractivity contribution in [2.24, 2.45) is 0 Å². The number of imidazole rings is 1. The van der Waals surface area contributed by atoms with Crippen LogP contribution in [0, 0.1) is 0 Å². The summed E-state index contributed by atoms with van der Waals surface area (Å²) >= 11 is 18.3. The molecule has 2 heterocycles. The number of pyridine rings is 1. The van der Waals surface area contributed by atoms with Crippen molar-refractivity contribution in [1.29, 1.82) is 0 Å². The largest absolute Gasteiger partial charge is 0.351 e. The molecule has 150 valence electrons. The van der Waals surface area contributed by atoms with Gasteiger partial charge in [0.25, 0.3) is 5.91 Å². The normalized spacial score (nSPS) is 12.2. The lowest BCUT2D eigenvalue weighted by atomic mass is 10.1. The number of halogens is 3. The minimum absolute atomic E-state index is 0.181. The van der Waals surface area contributed by atoms with Crippen LogP contribution in [-0.4, -0.2) is 54.2 Å². The lowest BCUT2D eigenvalue weighted by Gasteiger charge is -2.35. The molecule has 0 aliphatic heterocycles. The van der Waals surface area contributed by atoms with Gasteiger partial charge in [0.1, 0.15) is 0 Å². The third kappa shape index (κ3) is 6.22. The first-order chi connectivity index (χ1) is 13.3. The lowest BCUT2D eigenvalue weighted by molar-refractivity contribution is -0.125. The summed E-state index contributed by atoms with van der Waals surface area (Å²) < 4.78 is -0.174. The predicted octanol–water partition coefficient (Wildman–Crippen LogP) is 2.85. The predicted molar refractivity (Wildman–Crippen MR) is 109 cm³/mol. The Balaban J connectivity index is 2.28. The maximum atomic E-state index is 13.1. The van der Waals surface area contributed by atoms with Crippen molar-refractivity contribution in [3.63, 3.8) is 0 Å². The Morgan fingerprint density at radius 1 is 1.32 bits per heavy atom. The molecule has 28 heavy (non-hydrogen) atoms. The third-order valence-electron chi connectivity index (χ3n) is 3.83. The van der Waals surface area contributed by atoms with Crippen LogP contribution in [-0.2, 0) is 11.3 Å². The molecule has 0 aromatic carbocycles. The van der Waals surface area contributed by atoms with Crippen LogP contribution in [0.5, 0.6) is 0 Å². The van der Waals surface area contributed by atoms with E-state index in [2.05, 4.69) is 21.9 Å². The second kappa shape index (κ2) is 10.5. The quantitative estimate of drug-likeness (QED) is 0.476. The number of hydrogen-bond acceptors (Lipinski definition) is 4. The summed E-state index contributed by atoms with van der Waals surface area (Å²) in [6, 6.07) is 1.89. The molecule has 1 unspecified atom stereocenters. The molecular formula is C18H20Cl3N5O2. The SMILES string of the molecule is C=CCNC(=O)C(N(CCCn1ccnc1)C(=O)c1cccnc1)C(Cl)(Cl)Cl. The van der Waals surface area contributed by atoms with E-state index in [4.69, 9.17) is 34.8 Å².